The third-order valence-electron chi connectivity index (χ3n) is 4.11. The maximum absolute atomic E-state index is 12.8. The number of aliphatic carboxylic acids is 1. The van der Waals surface area contributed by atoms with Gasteiger partial charge in [-0.3, -0.25) is 9.69 Å². The molecule has 0 aliphatic carbocycles. The number of nitrogens with zero attached hydrogens (tertiary/aromatic N) is 1. The summed E-state index contributed by atoms with van der Waals surface area (Å²) in [5.41, 5.74) is 0.672. The largest absolute Gasteiger partial charge is 0.480 e. The minimum absolute atomic E-state index is 0.224. The van der Waals surface area contributed by atoms with E-state index in [1.165, 1.54) is 16.7 Å². The van der Waals surface area contributed by atoms with Crippen LogP contribution in [0.3, 0.4) is 0 Å². The van der Waals surface area contributed by atoms with E-state index in [1.807, 2.05) is 6.26 Å². The van der Waals surface area contributed by atoms with Crippen LogP contribution < -0.4 is 0 Å². The molecule has 0 spiro atoms. The van der Waals surface area contributed by atoms with Gasteiger partial charge >= 0.3 is 5.97 Å². The van der Waals surface area contributed by atoms with Gasteiger partial charge in [0.05, 0.1) is 9.93 Å². The zero-order chi connectivity index (χ0) is 21.1. The zero-order valence-corrected chi connectivity index (χ0v) is 19.0. The molecule has 0 radical (unpaired) electrons. The normalized spacial score (nSPS) is 16.7. The van der Waals surface area contributed by atoms with Gasteiger partial charge in [0, 0.05) is 16.7 Å². The maximum atomic E-state index is 12.8. The Balaban J connectivity index is 1.84. The van der Waals surface area contributed by atoms with Crippen molar-refractivity contribution >= 4 is 81.2 Å². The number of rotatable bonds is 7. The highest BCUT2D eigenvalue weighted by Crippen LogP contribution is 2.36. The third kappa shape index (κ3) is 5.00. The van der Waals surface area contributed by atoms with Crippen molar-refractivity contribution in [3.05, 3.63) is 51.0 Å². The van der Waals surface area contributed by atoms with Crippen molar-refractivity contribution in [2.24, 2.45) is 0 Å². The Morgan fingerprint density at radius 2 is 2.14 bits per heavy atom. The van der Waals surface area contributed by atoms with Crippen molar-refractivity contribution in [1.29, 1.82) is 0 Å². The highest BCUT2D eigenvalue weighted by Gasteiger charge is 2.40. The number of hydrogen-bond acceptors (Lipinski definition) is 6. The van der Waals surface area contributed by atoms with Crippen molar-refractivity contribution in [3.63, 3.8) is 0 Å². The first kappa shape index (κ1) is 22.2. The van der Waals surface area contributed by atoms with Crippen LogP contribution in [0.5, 0.6) is 0 Å². The fourth-order valence-corrected chi connectivity index (χ4v) is 5.03. The summed E-state index contributed by atoms with van der Waals surface area (Å²) in [5.74, 6) is 0.0562. The number of amides is 1. The molecule has 152 valence electrons. The summed E-state index contributed by atoms with van der Waals surface area (Å²) >= 11 is 20.0. The highest BCUT2D eigenvalue weighted by atomic mass is 35.5. The van der Waals surface area contributed by atoms with E-state index in [-0.39, 0.29) is 4.32 Å². The average Bonchev–Trinajstić information content (AvgIpc) is 3.21. The second-order valence-electron chi connectivity index (χ2n) is 6.01. The van der Waals surface area contributed by atoms with Crippen LogP contribution in [0.15, 0.2) is 39.7 Å². The van der Waals surface area contributed by atoms with Crippen molar-refractivity contribution in [1.82, 2.24) is 4.90 Å². The molecular weight excluding hydrogens is 473 g/mol. The van der Waals surface area contributed by atoms with E-state index >= 15 is 0 Å². The van der Waals surface area contributed by atoms with Crippen molar-refractivity contribution < 1.29 is 19.1 Å². The molecule has 1 N–H and O–H groups in total. The summed E-state index contributed by atoms with van der Waals surface area (Å²) in [7, 11) is 0. The smallest absolute Gasteiger partial charge is 0.326 e. The van der Waals surface area contributed by atoms with E-state index < -0.39 is 17.9 Å². The predicted octanol–water partition coefficient (Wildman–Crippen LogP) is 5.66. The topological polar surface area (TPSA) is 70.8 Å². The average molecular weight is 488 g/mol. The number of carboxylic acids is 1. The van der Waals surface area contributed by atoms with Crippen LogP contribution in [0.1, 0.15) is 12.2 Å². The molecule has 0 unspecified atom stereocenters. The van der Waals surface area contributed by atoms with Gasteiger partial charge in [0.2, 0.25) is 0 Å². The van der Waals surface area contributed by atoms with E-state index in [2.05, 4.69) is 0 Å². The van der Waals surface area contributed by atoms with Crippen molar-refractivity contribution in [3.8, 4) is 11.3 Å². The number of carbonyl (C=O) groups excluding carboxylic acids is 1. The van der Waals surface area contributed by atoms with Gasteiger partial charge in [0.1, 0.15) is 21.9 Å². The standard InChI is InChI=1S/C19H15Cl2NO4S3/c1-28-7-6-14(18(24)25)22-17(23)16(29-19(22)27)9-11-3-5-15(26-11)12-4-2-10(20)8-13(12)21/h2-5,8-9,14H,6-7H2,1H3,(H,24,25)/b16-9-/t14-/m0/s1. The van der Waals surface area contributed by atoms with Crippen LogP contribution in [0.2, 0.25) is 10.0 Å². The van der Waals surface area contributed by atoms with Crippen LogP contribution in [0, 0.1) is 0 Å². The molecule has 2 heterocycles. The van der Waals surface area contributed by atoms with Crippen molar-refractivity contribution in [2.45, 2.75) is 12.5 Å². The van der Waals surface area contributed by atoms with Gasteiger partial charge in [-0.15, -0.1) is 0 Å². The molecule has 29 heavy (non-hydrogen) atoms. The van der Waals surface area contributed by atoms with E-state index in [0.717, 1.165) is 11.8 Å². The summed E-state index contributed by atoms with van der Waals surface area (Å²) in [6.07, 6.45) is 3.75. The predicted molar refractivity (Wildman–Crippen MR) is 124 cm³/mol. The van der Waals surface area contributed by atoms with Crippen LogP contribution in [0.4, 0.5) is 0 Å². The summed E-state index contributed by atoms with van der Waals surface area (Å²) in [6.45, 7) is 0. The number of benzene rings is 1. The van der Waals surface area contributed by atoms with Gasteiger partial charge in [-0.05, 0) is 48.8 Å². The molecule has 1 aromatic carbocycles. The molecule has 1 aliphatic heterocycles. The Hall–Kier alpha value is -1.45. The molecule has 1 saturated heterocycles. The Labute approximate surface area is 191 Å². The first-order valence-corrected chi connectivity index (χ1v) is 11.7. The van der Waals surface area contributed by atoms with Gasteiger partial charge in [0.15, 0.2) is 0 Å². The molecule has 1 atom stereocenters. The third-order valence-corrected chi connectivity index (χ3v) is 6.63. The minimum Gasteiger partial charge on any atom is -0.480 e. The number of thiocarbonyl (C=S) groups is 1. The fraction of sp³-hybridized carbons (Fsp3) is 0.211. The monoisotopic (exact) mass is 487 g/mol. The fourth-order valence-electron chi connectivity index (χ4n) is 2.73. The number of hydrogen-bond donors (Lipinski definition) is 1. The number of halogens is 2. The molecule has 1 aliphatic rings. The van der Waals surface area contributed by atoms with E-state index in [0.29, 0.717) is 44.2 Å². The van der Waals surface area contributed by atoms with E-state index in [4.69, 9.17) is 39.8 Å². The lowest BCUT2D eigenvalue weighted by molar-refractivity contribution is -0.145. The molecule has 10 heteroatoms. The first-order chi connectivity index (χ1) is 13.8. The van der Waals surface area contributed by atoms with Crippen molar-refractivity contribution in [2.75, 3.05) is 12.0 Å². The number of carbonyl (C=O) groups is 2. The summed E-state index contributed by atoms with van der Waals surface area (Å²) in [6, 6.07) is 7.52. The molecular formula is C19H15Cl2NO4S3. The molecule has 5 nitrogen and oxygen atoms in total. The molecule has 1 aromatic heterocycles. The summed E-state index contributed by atoms with van der Waals surface area (Å²) in [5, 5.41) is 10.5. The van der Waals surface area contributed by atoms with Crippen LogP contribution in [-0.2, 0) is 9.59 Å². The number of thioether (sulfide) groups is 2. The highest BCUT2D eigenvalue weighted by molar-refractivity contribution is 8.26. The van der Waals surface area contributed by atoms with E-state index in [9.17, 15) is 14.7 Å². The molecule has 0 saturated carbocycles. The second kappa shape index (κ2) is 9.57. The Morgan fingerprint density at radius 3 is 2.79 bits per heavy atom. The molecule has 3 rings (SSSR count). The van der Waals surface area contributed by atoms with Gasteiger partial charge in [0.25, 0.3) is 5.91 Å². The molecule has 2 aromatic rings. The summed E-state index contributed by atoms with van der Waals surface area (Å²) < 4.78 is 6.02. The van der Waals surface area contributed by atoms with Gasteiger partial charge in [-0.2, -0.15) is 11.8 Å². The zero-order valence-electron chi connectivity index (χ0n) is 15.1. The Kier molecular flexibility index (Phi) is 7.34. The summed E-state index contributed by atoms with van der Waals surface area (Å²) in [4.78, 5) is 25.9. The SMILES string of the molecule is CSCC[C@@H](C(=O)O)N1C(=O)/C(=C/c2ccc(-c3ccc(Cl)cc3Cl)o2)SC1=S. The molecule has 1 amide bonds. The van der Waals surface area contributed by atoms with Gasteiger partial charge in [-0.25, -0.2) is 4.79 Å². The number of furan rings is 1. The molecule has 1 fully saturated rings. The molecule has 0 bridgehead atoms. The van der Waals surface area contributed by atoms with Crippen LogP contribution in [-0.4, -0.2) is 44.3 Å². The van der Waals surface area contributed by atoms with Crippen LogP contribution in [0.25, 0.3) is 17.4 Å². The Bertz CT molecular complexity index is 1010. The number of carboxylic acid groups (broad SMARTS) is 1. The van der Waals surface area contributed by atoms with E-state index in [1.54, 1.807) is 36.4 Å². The maximum Gasteiger partial charge on any atom is 0.326 e. The minimum atomic E-state index is -1.07. The first-order valence-electron chi connectivity index (χ1n) is 8.36. The lowest BCUT2D eigenvalue weighted by atomic mass is 10.2. The second-order valence-corrected chi connectivity index (χ2v) is 9.52. The lowest BCUT2D eigenvalue weighted by Crippen LogP contribution is -2.44. The lowest BCUT2D eigenvalue weighted by Gasteiger charge is -2.22. The van der Waals surface area contributed by atoms with Gasteiger partial charge in [-0.1, -0.05) is 47.2 Å². The quantitative estimate of drug-likeness (QED) is 0.398. The van der Waals surface area contributed by atoms with Crippen LogP contribution >= 0.6 is 58.9 Å². The van der Waals surface area contributed by atoms with Gasteiger partial charge < -0.3 is 9.52 Å². The Morgan fingerprint density at radius 1 is 1.38 bits per heavy atom.